The zero-order valence-corrected chi connectivity index (χ0v) is 21.8. The number of rotatable bonds is 16. The van der Waals surface area contributed by atoms with Crippen LogP contribution in [0.5, 0.6) is 0 Å². The lowest BCUT2D eigenvalue weighted by molar-refractivity contribution is -0.255. The Bertz CT molecular complexity index is 588. The number of ether oxygens (including phenoxy) is 2. The molecule has 2 fully saturated rings. The van der Waals surface area contributed by atoms with Crippen LogP contribution in [0.25, 0.3) is 0 Å². The fourth-order valence-corrected chi connectivity index (χ4v) is 6.01. The molecule has 0 aromatic rings. The fourth-order valence-electron chi connectivity index (χ4n) is 6.01. The first-order valence-corrected chi connectivity index (χ1v) is 14.0. The van der Waals surface area contributed by atoms with Gasteiger partial charge >= 0.3 is 5.97 Å². The van der Waals surface area contributed by atoms with Crippen molar-refractivity contribution >= 4 is 5.97 Å². The van der Waals surface area contributed by atoms with Crippen LogP contribution in [0.4, 0.5) is 0 Å². The van der Waals surface area contributed by atoms with Gasteiger partial charge in [-0.15, -0.1) is 0 Å². The summed E-state index contributed by atoms with van der Waals surface area (Å²) in [7, 11) is 0. The summed E-state index contributed by atoms with van der Waals surface area (Å²) >= 11 is 0. The van der Waals surface area contributed by atoms with E-state index in [1.54, 1.807) is 0 Å². The molecule has 8 heteroatoms. The smallest absolute Gasteiger partial charge is 0.329 e. The Morgan fingerprint density at radius 1 is 0.800 bits per heavy atom. The maximum atomic E-state index is 11.1. The van der Waals surface area contributed by atoms with E-state index in [4.69, 9.17) is 14.6 Å². The topological polar surface area (TPSA) is 137 Å². The molecule has 0 radical (unpaired) electrons. The average Bonchev–Trinajstić information content (AvgIpc) is 2.82. The van der Waals surface area contributed by atoms with Gasteiger partial charge in [-0.2, -0.15) is 0 Å². The molecular formula is C27H50O8. The zero-order valence-electron chi connectivity index (χ0n) is 21.8. The molecule has 9 unspecified atom stereocenters. The van der Waals surface area contributed by atoms with Crippen molar-refractivity contribution in [2.24, 2.45) is 17.8 Å². The van der Waals surface area contributed by atoms with Crippen molar-refractivity contribution in [3.63, 3.8) is 0 Å². The molecule has 206 valence electrons. The molecule has 5 N–H and O–H groups in total. The summed E-state index contributed by atoms with van der Waals surface area (Å²) in [4.78, 5) is 10.8. The van der Waals surface area contributed by atoms with Gasteiger partial charge in [-0.25, -0.2) is 4.79 Å². The Balaban J connectivity index is 2.05. The van der Waals surface area contributed by atoms with Crippen molar-refractivity contribution in [1.29, 1.82) is 0 Å². The van der Waals surface area contributed by atoms with E-state index in [1.807, 2.05) is 0 Å². The Hall–Kier alpha value is -0.770. The molecule has 9 atom stereocenters. The minimum Gasteiger partial charge on any atom is -0.480 e. The molecule has 2 aliphatic rings. The average molecular weight is 503 g/mol. The van der Waals surface area contributed by atoms with Crippen LogP contribution in [0, 0.1) is 17.8 Å². The molecule has 0 bridgehead atoms. The zero-order chi connectivity index (χ0) is 25.8. The van der Waals surface area contributed by atoms with E-state index in [0.29, 0.717) is 24.7 Å². The van der Waals surface area contributed by atoms with Crippen molar-refractivity contribution in [2.75, 3.05) is 13.2 Å². The lowest BCUT2D eigenvalue weighted by Crippen LogP contribution is -2.62. The highest BCUT2D eigenvalue weighted by molar-refractivity contribution is 5.67. The van der Waals surface area contributed by atoms with Crippen molar-refractivity contribution < 1.29 is 39.8 Å². The second-order valence-corrected chi connectivity index (χ2v) is 10.8. The van der Waals surface area contributed by atoms with E-state index in [0.717, 1.165) is 19.3 Å². The van der Waals surface area contributed by atoms with Crippen LogP contribution in [0.3, 0.4) is 0 Å². The highest BCUT2D eigenvalue weighted by Crippen LogP contribution is 2.43. The second-order valence-electron chi connectivity index (χ2n) is 10.8. The summed E-state index contributed by atoms with van der Waals surface area (Å²) in [6.45, 7) is 3.66. The van der Waals surface area contributed by atoms with Gasteiger partial charge in [-0.1, -0.05) is 84.5 Å². The molecular weight excluding hydrogens is 452 g/mol. The molecule has 0 amide bonds. The summed E-state index contributed by atoms with van der Waals surface area (Å²) in [5.74, 6) is -0.633. The van der Waals surface area contributed by atoms with Gasteiger partial charge in [0.15, 0.2) is 0 Å². The normalized spacial score (nSPS) is 35.8. The van der Waals surface area contributed by atoms with Gasteiger partial charge in [-0.3, -0.25) is 0 Å². The van der Waals surface area contributed by atoms with Crippen molar-refractivity contribution in [2.45, 2.75) is 134 Å². The molecule has 35 heavy (non-hydrogen) atoms. The molecule has 8 nitrogen and oxygen atoms in total. The van der Waals surface area contributed by atoms with Crippen LogP contribution < -0.4 is 0 Å². The third-order valence-electron chi connectivity index (χ3n) is 8.07. The number of hydrogen-bond acceptors (Lipinski definition) is 7. The first-order valence-electron chi connectivity index (χ1n) is 14.0. The molecule has 0 aromatic heterocycles. The van der Waals surface area contributed by atoms with Gasteiger partial charge < -0.3 is 35.0 Å². The number of unbranched alkanes of at least 4 members (excludes halogenated alkanes) is 7. The molecule has 1 aliphatic carbocycles. The summed E-state index contributed by atoms with van der Waals surface area (Å²) in [5, 5.41) is 51.5. The molecule has 1 saturated carbocycles. The van der Waals surface area contributed by atoms with Gasteiger partial charge in [0, 0.05) is 5.92 Å². The SMILES string of the molecule is CCCCCCCC1CC(O)C(C2OC(COCC(=O)O)C(O)C(O)C2O)CC1CCCCCC. The van der Waals surface area contributed by atoms with E-state index in [1.165, 1.54) is 51.4 Å². The van der Waals surface area contributed by atoms with Crippen LogP contribution in [0.1, 0.15) is 97.3 Å². The van der Waals surface area contributed by atoms with Crippen molar-refractivity contribution in [3.8, 4) is 0 Å². The first kappa shape index (κ1) is 30.5. The van der Waals surface area contributed by atoms with Gasteiger partial charge in [0.2, 0.25) is 0 Å². The number of hydrogen-bond donors (Lipinski definition) is 5. The number of carboxylic acids is 1. The summed E-state index contributed by atoms with van der Waals surface area (Å²) in [5.41, 5.74) is 0. The summed E-state index contributed by atoms with van der Waals surface area (Å²) in [6.07, 6.45) is 7.78. The van der Waals surface area contributed by atoms with E-state index in [2.05, 4.69) is 13.8 Å². The molecule has 0 spiro atoms. The fraction of sp³-hybridized carbons (Fsp3) is 0.963. The number of carbonyl (C=O) groups is 1. The number of aliphatic carboxylic acids is 1. The van der Waals surface area contributed by atoms with Gasteiger partial charge in [0.1, 0.15) is 31.0 Å². The first-order chi connectivity index (χ1) is 16.8. The Morgan fingerprint density at radius 3 is 1.97 bits per heavy atom. The summed E-state index contributed by atoms with van der Waals surface area (Å²) < 4.78 is 11.1. The maximum Gasteiger partial charge on any atom is 0.329 e. The van der Waals surface area contributed by atoms with Crippen molar-refractivity contribution in [3.05, 3.63) is 0 Å². The monoisotopic (exact) mass is 502 g/mol. The van der Waals surface area contributed by atoms with Crippen LogP contribution in [0.2, 0.25) is 0 Å². The minimum absolute atomic E-state index is 0.211. The lowest BCUT2D eigenvalue weighted by atomic mass is 9.66. The largest absolute Gasteiger partial charge is 0.480 e. The molecule has 1 saturated heterocycles. The molecule has 2 rings (SSSR count). The minimum atomic E-state index is -1.45. The quantitative estimate of drug-likeness (QED) is 0.203. The van der Waals surface area contributed by atoms with E-state index in [9.17, 15) is 25.2 Å². The highest BCUT2D eigenvalue weighted by Gasteiger charge is 2.50. The van der Waals surface area contributed by atoms with Crippen LogP contribution in [-0.2, 0) is 14.3 Å². The van der Waals surface area contributed by atoms with Gasteiger partial charge in [0.05, 0.1) is 18.8 Å². The Morgan fingerprint density at radius 2 is 1.37 bits per heavy atom. The molecule has 1 heterocycles. The Labute approximate surface area is 211 Å². The highest BCUT2D eigenvalue weighted by atomic mass is 16.6. The van der Waals surface area contributed by atoms with Crippen LogP contribution in [0.15, 0.2) is 0 Å². The molecule has 1 aliphatic heterocycles. The van der Waals surface area contributed by atoms with Crippen molar-refractivity contribution in [1.82, 2.24) is 0 Å². The van der Waals surface area contributed by atoms with Gasteiger partial charge in [0.25, 0.3) is 0 Å². The van der Waals surface area contributed by atoms with Gasteiger partial charge in [-0.05, 0) is 24.7 Å². The third-order valence-corrected chi connectivity index (χ3v) is 8.07. The number of aliphatic hydroxyl groups is 4. The number of carboxylic acid groups (broad SMARTS) is 1. The Kier molecular flexibility index (Phi) is 14.1. The predicted molar refractivity (Wildman–Crippen MR) is 133 cm³/mol. The maximum absolute atomic E-state index is 11.1. The number of aliphatic hydroxyl groups excluding tert-OH is 4. The van der Waals surface area contributed by atoms with E-state index >= 15 is 0 Å². The third kappa shape index (κ3) is 9.56. The van der Waals surface area contributed by atoms with E-state index in [-0.39, 0.29) is 12.5 Å². The summed E-state index contributed by atoms with van der Waals surface area (Å²) in [6, 6.07) is 0. The predicted octanol–water partition coefficient (Wildman–Crippen LogP) is 3.27. The van der Waals surface area contributed by atoms with Crippen LogP contribution >= 0.6 is 0 Å². The lowest BCUT2D eigenvalue weighted by Gasteiger charge is -2.48. The van der Waals surface area contributed by atoms with E-state index < -0.39 is 49.2 Å². The molecule has 0 aromatic carbocycles. The standard InChI is InChI=1S/C27H50O8/c1-3-5-7-9-11-13-19-15-21(28)20(14-18(19)12-10-8-6-4-2)27-26(33)25(32)24(31)22(35-27)16-34-17-23(29)30/h18-22,24-28,31-33H,3-17H2,1-2H3,(H,29,30). The van der Waals surface area contributed by atoms with Crippen LogP contribution in [-0.4, -0.2) is 81.3 Å². The second kappa shape index (κ2) is 16.2.